The summed E-state index contributed by atoms with van der Waals surface area (Å²) in [6.45, 7) is -0.619. The predicted molar refractivity (Wildman–Crippen MR) is 68.6 cm³/mol. The fourth-order valence-electron chi connectivity index (χ4n) is 2.25. The van der Waals surface area contributed by atoms with Gasteiger partial charge in [0.15, 0.2) is 0 Å². The summed E-state index contributed by atoms with van der Waals surface area (Å²) in [5, 5.41) is 7.70. The van der Waals surface area contributed by atoms with Gasteiger partial charge in [-0.25, -0.2) is 4.79 Å². The zero-order chi connectivity index (χ0) is 15.5. The summed E-state index contributed by atoms with van der Waals surface area (Å²) in [6, 6.07) is -0.619. The molecule has 1 saturated heterocycles. The molecule has 2 aliphatic rings. The third-order valence-electron chi connectivity index (χ3n) is 3.36. The third kappa shape index (κ3) is 6.19. The van der Waals surface area contributed by atoms with Gasteiger partial charge in [-0.1, -0.05) is 0 Å². The van der Waals surface area contributed by atoms with E-state index in [4.69, 9.17) is 0 Å². The normalized spacial score (nSPS) is 22.9. The molecule has 0 spiro atoms. The highest BCUT2D eigenvalue weighted by Gasteiger charge is 2.34. The van der Waals surface area contributed by atoms with Gasteiger partial charge in [0.05, 0.1) is 13.1 Å². The van der Waals surface area contributed by atoms with Gasteiger partial charge in [-0.3, -0.25) is 9.69 Å². The Morgan fingerprint density at radius 1 is 1.10 bits per heavy atom. The zero-order valence-corrected chi connectivity index (χ0v) is 11.5. The molecule has 21 heavy (non-hydrogen) atoms. The van der Waals surface area contributed by atoms with Gasteiger partial charge in [-0.2, -0.15) is 13.2 Å². The van der Waals surface area contributed by atoms with E-state index in [0.29, 0.717) is 13.0 Å². The van der Waals surface area contributed by atoms with E-state index in [1.54, 1.807) is 0 Å². The number of likely N-dealkylation sites (tertiary alicyclic amines) is 1. The molecule has 1 aliphatic carbocycles. The number of hydrogen-bond acceptors (Lipinski definition) is 3. The van der Waals surface area contributed by atoms with Crippen LogP contribution >= 0.6 is 0 Å². The number of amides is 3. The Balaban J connectivity index is 1.60. The number of nitrogens with one attached hydrogen (secondary N) is 3. The molecule has 1 unspecified atom stereocenters. The second-order valence-corrected chi connectivity index (χ2v) is 5.50. The van der Waals surface area contributed by atoms with Crippen molar-refractivity contribution in [2.45, 2.75) is 37.5 Å². The van der Waals surface area contributed by atoms with Crippen LogP contribution in [0.4, 0.5) is 18.0 Å². The van der Waals surface area contributed by atoms with Crippen molar-refractivity contribution in [1.29, 1.82) is 0 Å². The first kappa shape index (κ1) is 15.9. The Labute approximate surface area is 120 Å². The van der Waals surface area contributed by atoms with E-state index in [9.17, 15) is 22.8 Å². The Bertz CT molecular complexity index is 398. The monoisotopic (exact) mass is 308 g/mol. The van der Waals surface area contributed by atoms with Gasteiger partial charge in [0, 0.05) is 25.2 Å². The lowest BCUT2D eigenvalue weighted by Gasteiger charge is -2.18. The summed E-state index contributed by atoms with van der Waals surface area (Å²) in [6.07, 6.45) is -1.82. The fourth-order valence-corrected chi connectivity index (χ4v) is 2.25. The summed E-state index contributed by atoms with van der Waals surface area (Å²) in [5.74, 6) is -0.252. The van der Waals surface area contributed by atoms with Crippen molar-refractivity contribution >= 4 is 11.9 Å². The van der Waals surface area contributed by atoms with E-state index in [1.807, 2.05) is 0 Å². The molecule has 2 fully saturated rings. The fraction of sp³-hybridized carbons (Fsp3) is 0.833. The van der Waals surface area contributed by atoms with Crippen molar-refractivity contribution < 1.29 is 22.8 Å². The van der Waals surface area contributed by atoms with Crippen molar-refractivity contribution in [3.05, 3.63) is 0 Å². The Morgan fingerprint density at radius 2 is 1.81 bits per heavy atom. The molecule has 2 rings (SSSR count). The third-order valence-corrected chi connectivity index (χ3v) is 3.36. The summed E-state index contributed by atoms with van der Waals surface area (Å²) in [5.41, 5.74) is 0. The first-order valence-electron chi connectivity index (χ1n) is 6.94. The van der Waals surface area contributed by atoms with E-state index < -0.39 is 18.8 Å². The van der Waals surface area contributed by atoms with Crippen molar-refractivity contribution in [3.63, 3.8) is 0 Å². The molecule has 1 aliphatic heterocycles. The van der Waals surface area contributed by atoms with E-state index >= 15 is 0 Å². The first-order chi connectivity index (χ1) is 9.82. The molecule has 120 valence electrons. The van der Waals surface area contributed by atoms with Crippen LogP contribution in [0, 0.1) is 0 Å². The van der Waals surface area contributed by atoms with Gasteiger partial charge in [0.1, 0.15) is 0 Å². The number of nitrogens with zero attached hydrogens (tertiary/aromatic N) is 1. The maximum absolute atomic E-state index is 12.2. The standard InChI is InChI=1S/C12H19F3N4O2/c13-12(14,15)7-19-4-3-9(6-19)18-11(21)16-5-10(20)17-8-1-2-8/h8-9H,1-7H2,(H,17,20)(H2,16,18,21). The quantitative estimate of drug-likeness (QED) is 0.679. The lowest BCUT2D eigenvalue weighted by molar-refractivity contribution is -0.143. The smallest absolute Gasteiger partial charge is 0.352 e. The summed E-state index contributed by atoms with van der Waals surface area (Å²) >= 11 is 0. The number of carbonyl (C=O) groups is 2. The highest BCUT2D eigenvalue weighted by Crippen LogP contribution is 2.20. The van der Waals surface area contributed by atoms with Gasteiger partial charge in [0.25, 0.3) is 0 Å². The van der Waals surface area contributed by atoms with Crippen LogP contribution in [0.2, 0.25) is 0 Å². The van der Waals surface area contributed by atoms with Crippen molar-refractivity contribution in [3.8, 4) is 0 Å². The maximum atomic E-state index is 12.2. The highest BCUT2D eigenvalue weighted by atomic mass is 19.4. The molecule has 0 aromatic carbocycles. The van der Waals surface area contributed by atoms with Gasteiger partial charge < -0.3 is 16.0 Å². The van der Waals surface area contributed by atoms with Crippen molar-refractivity contribution in [2.75, 3.05) is 26.2 Å². The minimum Gasteiger partial charge on any atom is -0.352 e. The van der Waals surface area contributed by atoms with Crippen LogP contribution in [0.1, 0.15) is 19.3 Å². The topological polar surface area (TPSA) is 73.5 Å². The van der Waals surface area contributed by atoms with Gasteiger partial charge >= 0.3 is 12.2 Å². The number of halogens is 3. The van der Waals surface area contributed by atoms with Crippen LogP contribution < -0.4 is 16.0 Å². The Kier molecular flexibility index (Phi) is 4.92. The molecule has 1 heterocycles. The number of hydrogen-bond donors (Lipinski definition) is 3. The molecule has 3 N–H and O–H groups in total. The van der Waals surface area contributed by atoms with Crippen LogP contribution in [0.5, 0.6) is 0 Å². The summed E-state index contributed by atoms with van der Waals surface area (Å²) in [4.78, 5) is 24.2. The van der Waals surface area contributed by atoms with Crippen LogP contribution in [0.15, 0.2) is 0 Å². The molecule has 0 aromatic heterocycles. The first-order valence-corrected chi connectivity index (χ1v) is 6.94. The van der Waals surface area contributed by atoms with Gasteiger partial charge in [0.2, 0.25) is 5.91 Å². The molecule has 0 bridgehead atoms. The molecule has 1 saturated carbocycles. The number of carbonyl (C=O) groups excluding carboxylic acids is 2. The summed E-state index contributed by atoms with van der Waals surface area (Å²) < 4.78 is 36.7. The predicted octanol–water partition coefficient (Wildman–Crippen LogP) is 0.201. The van der Waals surface area contributed by atoms with Crippen LogP contribution in [0.25, 0.3) is 0 Å². The second-order valence-electron chi connectivity index (χ2n) is 5.50. The van der Waals surface area contributed by atoms with Gasteiger partial charge in [-0.05, 0) is 19.3 Å². The summed E-state index contributed by atoms with van der Waals surface area (Å²) in [7, 11) is 0. The molecular formula is C12H19F3N4O2. The molecule has 0 radical (unpaired) electrons. The molecule has 6 nitrogen and oxygen atoms in total. The second kappa shape index (κ2) is 6.50. The van der Waals surface area contributed by atoms with Crippen molar-refractivity contribution in [2.24, 2.45) is 0 Å². The SMILES string of the molecule is O=C(CNC(=O)NC1CCN(CC(F)(F)F)C1)NC1CC1. The highest BCUT2D eigenvalue weighted by molar-refractivity contribution is 5.84. The van der Waals surface area contributed by atoms with E-state index in [1.165, 1.54) is 4.90 Å². The molecule has 9 heteroatoms. The number of rotatable bonds is 5. The average molecular weight is 308 g/mol. The van der Waals surface area contributed by atoms with Crippen LogP contribution in [-0.2, 0) is 4.79 Å². The van der Waals surface area contributed by atoms with Crippen LogP contribution in [-0.4, -0.2) is 61.3 Å². The Morgan fingerprint density at radius 3 is 2.43 bits per heavy atom. The van der Waals surface area contributed by atoms with Gasteiger partial charge in [-0.15, -0.1) is 0 Å². The average Bonchev–Trinajstić information content (AvgIpc) is 3.06. The van der Waals surface area contributed by atoms with Crippen molar-refractivity contribution in [1.82, 2.24) is 20.9 Å². The molecular weight excluding hydrogens is 289 g/mol. The lowest BCUT2D eigenvalue weighted by atomic mass is 10.3. The minimum atomic E-state index is -4.22. The number of urea groups is 1. The molecule has 0 aromatic rings. The van der Waals surface area contributed by atoms with E-state index in [2.05, 4.69) is 16.0 Å². The minimum absolute atomic E-state index is 0.124. The van der Waals surface area contributed by atoms with Crippen LogP contribution in [0.3, 0.4) is 0 Å². The molecule has 3 amide bonds. The lowest BCUT2D eigenvalue weighted by Crippen LogP contribution is -2.47. The zero-order valence-electron chi connectivity index (χ0n) is 11.5. The Hall–Kier alpha value is -1.51. The maximum Gasteiger partial charge on any atom is 0.401 e. The van der Waals surface area contributed by atoms with E-state index in [0.717, 1.165) is 12.8 Å². The molecule has 1 atom stereocenters. The van der Waals surface area contributed by atoms with E-state index in [-0.39, 0.29) is 31.1 Å². The number of alkyl halides is 3. The largest absolute Gasteiger partial charge is 0.401 e.